The molecular formula is C23H27NO5S. The number of carbonyl (C=O) groups excluding carboxylic acids is 3. The van der Waals surface area contributed by atoms with E-state index in [1.807, 2.05) is 54.6 Å². The van der Waals surface area contributed by atoms with E-state index in [4.69, 9.17) is 9.47 Å². The fraction of sp³-hybridized carbons (Fsp3) is 0.348. The Labute approximate surface area is 181 Å². The summed E-state index contributed by atoms with van der Waals surface area (Å²) < 4.78 is 10.4. The molecule has 0 heterocycles. The molecule has 2 aromatic rings. The molecule has 0 aromatic heterocycles. The Morgan fingerprint density at radius 1 is 1.00 bits per heavy atom. The summed E-state index contributed by atoms with van der Waals surface area (Å²) in [5.41, 5.74) is 1.82. The lowest BCUT2D eigenvalue weighted by molar-refractivity contribution is -0.148. The summed E-state index contributed by atoms with van der Waals surface area (Å²) in [6.45, 7) is 3.21. The molecule has 0 radical (unpaired) electrons. The Morgan fingerprint density at radius 3 is 2.27 bits per heavy atom. The maximum absolute atomic E-state index is 12.8. The van der Waals surface area contributed by atoms with Crippen molar-refractivity contribution in [3.63, 3.8) is 0 Å². The van der Waals surface area contributed by atoms with Crippen LogP contribution in [0, 0.1) is 5.92 Å². The summed E-state index contributed by atoms with van der Waals surface area (Å²) in [5, 5.41) is 2.66. The predicted molar refractivity (Wildman–Crippen MR) is 117 cm³/mol. The molecule has 0 aliphatic rings. The number of carbonyl (C=O) groups is 3. The van der Waals surface area contributed by atoms with Crippen molar-refractivity contribution in [1.82, 2.24) is 5.32 Å². The predicted octanol–water partition coefficient (Wildman–Crippen LogP) is 3.38. The van der Waals surface area contributed by atoms with E-state index in [2.05, 4.69) is 5.32 Å². The number of hydrogen-bond acceptors (Lipinski definition) is 6. The second kappa shape index (κ2) is 12.0. The van der Waals surface area contributed by atoms with Crippen molar-refractivity contribution >= 4 is 28.8 Å². The topological polar surface area (TPSA) is 81.7 Å². The van der Waals surface area contributed by atoms with Crippen LogP contribution in [-0.4, -0.2) is 35.9 Å². The van der Waals surface area contributed by atoms with Crippen molar-refractivity contribution < 1.29 is 23.9 Å². The zero-order valence-electron chi connectivity index (χ0n) is 17.4. The van der Waals surface area contributed by atoms with Gasteiger partial charge in [0.1, 0.15) is 18.4 Å². The molecule has 0 spiro atoms. The molecule has 160 valence electrons. The molecule has 6 nitrogen and oxygen atoms in total. The number of amides is 1. The summed E-state index contributed by atoms with van der Waals surface area (Å²) in [7, 11) is 1.59. The number of esters is 1. The Kier molecular flexibility index (Phi) is 9.41. The average molecular weight is 430 g/mol. The number of thioether (sulfide) groups is 1. The second-order valence-electron chi connectivity index (χ2n) is 6.88. The lowest BCUT2D eigenvalue weighted by Crippen LogP contribution is -2.43. The van der Waals surface area contributed by atoms with E-state index in [1.54, 1.807) is 14.0 Å². The number of hydrogen-bond donors (Lipinski definition) is 1. The van der Waals surface area contributed by atoms with Crippen molar-refractivity contribution in [2.24, 2.45) is 5.92 Å². The average Bonchev–Trinajstić information content (AvgIpc) is 2.75. The monoisotopic (exact) mass is 429 g/mol. The highest BCUT2D eigenvalue weighted by molar-refractivity contribution is 8.13. The van der Waals surface area contributed by atoms with Crippen LogP contribution in [0.25, 0.3) is 0 Å². The molecule has 0 unspecified atom stereocenters. The van der Waals surface area contributed by atoms with Crippen LogP contribution in [0.2, 0.25) is 0 Å². The standard InChI is InChI=1S/C23H27NO5S/c1-16(23(27)29-14-19-7-5-4-6-8-19)24-22(26)20(15-30-17(2)25)13-18-9-11-21(28-3)12-10-18/h4-12,16,20H,13-15H2,1-3H3,(H,24,26)/t16-,20+/m0/s1. The fourth-order valence-corrected chi connectivity index (χ4v) is 3.44. The SMILES string of the molecule is COc1ccc(C[C@H](CSC(C)=O)C(=O)N[C@@H](C)C(=O)OCc2ccccc2)cc1. The minimum absolute atomic E-state index is 0.0575. The third-order valence-electron chi connectivity index (χ3n) is 4.44. The van der Waals surface area contributed by atoms with E-state index in [9.17, 15) is 14.4 Å². The smallest absolute Gasteiger partial charge is 0.328 e. The summed E-state index contributed by atoms with van der Waals surface area (Å²) in [6, 6.07) is 16.0. The van der Waals surface area contributed by atoms with E-state index in [-0.39, 0.29) is 17.6 Å². The largest absolute Gasteiger partial charge is 0.497 e. The number of methoxy groups -OCH3 is 1. The molecule has 0 bridgehead atoms. The molecule has 1 N–H and O–H groups in total. The number of ether oxygens (including phenoxy) is 2. The molecule has 30 heavy (non-hydrogen) atoms. The molecule has 0 aliphatic heterocycles. The molecule has 0 aliphatic carbocycles. The van der Waals surface area contributed by atoms with E-state index < -0.39 is 17.9 Å². The molecule has 2 rings (SSSR count). The van der Waals surface area contributed by atoms with Crippen molar-refractivity contribution in [1.29, 1.82) is 0 Å². The highest BCUT2D eigenvalue weighted by Crippen LogP contribution is 2.19. The van der Waals surface area contributed by atoms with Gasteiger partial charge >= 0.3 is 5.97 Å². The van der Waals surface area contributed by atoms with Gasteiger partial charge in [-0.1, -0.05) is 54.2 Å². The van der Waals surface area contributed by atoms with E-state index in [0.717, 1.165) is 28.6 Å². The molecule has 7 heteroatoms. The molecule has 1 amide bonds. The van der Waals surface area contributed by atoms with Gasteiger partial charge in [-0.05, 0) is 36.6 Å². The van der Waals surface area contributed by atoms with Gasteiger partial charge in [-0.3, -0.25) is 9.59 Å². The van der Waals surface area contributed by atoms with Crippen LogP contribution < -0.4 is 10.1 Å². The van der Waals surface area contributed by atoms with Crippen LogP contribution in [-0.2, 0) is 32.1 Å². The van der Waals surface area contributed by atoms with E-state index >= 15 is 0 Å². The second-order valence-corrected chi connectivity index (χ2v) is 8.07. The number of rotatable bonds is 10. The summed E-state index contributed by atoms with van der Waals surface area (Å²) in [6.07, 6.45) is 0.446. The van der Waals surface area contributed by atoms with Crippen LogP contribution in [0.4, 0.5) is 0 Å². The van der Waals surface area contributed by atoms with Crippen molar-refractivity contribution in [3.05, 3.63) is 65.7 Å². The molecule has 0 saturated heterocycles. The third kappa shape index (κ3) is 7.91. The quantitative estimate of drug-likeness (QED) is 0.583. The minimum atomic E-state index is -0.790. The van der Waals surface area contributed by atoms with Crippen molar-refractivity contribution in [2.75, 3.05) is 12.9 Å². The van der Waals surface area contributed by atoms with Crippen LogP contribution in [0.5, 0.6) is 5.75 Å². The first-order chi connectivity index (χ1) is 14.4. The maximum atomic E-state index is 12.8. The van der Waals surface area contributed by atoms with E-state index in [1.165, 1.54) is 6.92 Å². The van der Waals surface area contributed by atoms with Crippen LogP contribution in [0.1, 0.15) is 25.0 Å². The van der Waals surface area contributed by atoms with Gasteiger partial charge in [-0.2, -0.15) is 0 Å². The van der Waals surface area contributed by atoms with E-state index in [0.29, 0.717) is 12.2 Å². The summed E-state index contributed by atoms with van der Waals surface area (Å²) >= 11 is 1.10. The minimum Gasteiger partial charge on any atom is -0.497 e. The van der Waals surface area contributed by atoms with Gasteiger partial charge in [0.15, 0.2) is 5.12 Å². The van der Waals surface area contributed by atoms with Crippen LogP contribution >= 0.6 is 11.8 Å². The highest BCUT2D eigenvalue weighted by atomic mass is 32.2. The number of benzene rings is 2. The summed E-state index contributed by atoms with van der Waals surface area (Å²) in [5.74, 6) is -0.193. The fourth-order valence-electron chi connectivity index (χ4n) is 2.74. The highest BCUT2D eigenvalue weighted by Gasteiger charge is 2.24. The summed E-state index contributed by atoms with van der Waals surface area (Å²) in [4.78, 5) is 36.5. The van der Waals surface area contributed by atoms with Gasteiger partial charge < -0.3 is 14.8 Å². The van der Waals surface area contributed by atoms with Gasteiger partial charge in [-0.25, -0.2) is 4.79 Å². The Bertz CT molecular complexity index is 838. The molecule has 2 aromatic carbocycles. The van der Waals surface area contributed by atoms with Crippen molar-refractivity contribution in [3.8, 4) is 5.75 Å². The van der Waals surface area contributed by atoms with Gasteiger partial charge in [0.2, 0.25) is 5.91 Å². The molecular weight excluding hydrogens is 402 g/mol. The lowest BCUT2D eigenvalue weighted by Gasteiger charge is -2.19. The number of nitrogens with one attached hydrogen (secondary N) is 1. The molecule has 0 fully saturated rings. The van der Waals surface area contributed by atoms with Gasteiger partial charge in [-0.15, -0.1) is 0 Å². The molecule has 0 saturated carbocycles. The zero-order valence-corrected chi connectivity index (χ0v) is 18.2. The van der Waals surface area contributed by atoms with Crippen LogP contribution in [0.15, 0.2) is 54.6 Å². The van der Waals surface area contributed by atoms with Gasteiger partial charge in [0.25, 0.3) is 0 Å². The zero-order chi connectivity index (χ0) is 21.9. The lowest BCUT2D eigenvalue weighted by atomic mass is 9.99. The third-order valence-corrected chi connectivity index (χ3v) is 5.41. The Hall–Kier alpha value is -2.80. The van der Waals surface area contributed by atoms with Gasteiger partial charge in [0.05, 0.1) is 13.0 Å². The van der Waals surface area contributed by atoms with Crippen molar-refractivity contribution in [2.45, 2.75) is 32.9 Å². The Morgan fingerprint density at radius 2 is 1.67 bits per heavy atom. The first kappa shape index (κ1) is 23.5. The van der Waals surface area contributed by atoms with Crippen LogP contribution in [0.3, 0.4) is 0 Å². The Balaban J connectivity index is 1.95. The maximum Gasteiger partial charge on any atom is 0.328 e. The first-order valence-corrected chi connectivity index (χ1v) is 10.6. The van der Waals surface area contributed by atoms with Gasteiger partial charge in [0, 0.05) is 12.7 Å². The molecule has 2 atom stereocenters. The normalized spacial score (nSPS) is 12.5. The first-order valence-electron chi connectivity index (χ1n) is 9.66.